The van der Waals surface area contributed by atoms with Crippen LogP contribution in [0, 0.1) is 0 Å². The molecule has 0 aromatic heterocycles. The molecule has 0 aromatic carbocycles. The van der Waals surface area contributed by atoms with Crippen LogP contribution in [0.2, 0.25) is 0 Å². The SMILES string of the molecule is CCCN(C)C1(CC)CCN1. The number of nitrogens with zero attached hydrogens (tertiary/aromatic N) is 1. The Morgan fingerprint density at radius 2 is 2.09 bits per heavy atom. The highest BCUT2D eigenvalue weighted by molar-refractivity contribution is 4.93. The second-order valence-corrected chi connectivity index (χ2v) is 3.48. The molecule has 1 atom stereocenters. The fraction of sp³-hybridized carbons (Fsp3) is 1.00. The van der Waals surface area contributed by atoms with Crippen LogP contribution in [0.1, 0.15) is 33.1 Å². The Hall–Kier alpha value is -0.0800. The third kappa shape index (κ3) is 1.57. The molecule has 1 aliphatic heterocycles. The largest absolute Gasteiger partial charge is 0.299 e. The zero-order valence-corrected chi connectivity index (χ0v) is 7.98. The Balaban J connectivity index is 2.40. The first-order valence-electron chi connectivity index (χ1n) is 4.71. The lowest BCUT2D eigenvalue weighted by molar-refractivity contribution is 0.0129. The van der Waals surface area contributed by atoms with E-state index in [4.69, 9.17) is 0 Å². The van der Waals surface area contributed by atoms with E-state index in [-0.39, 0.29) is 0 Å². The molecule has 0 aliphatic carbocycles. The summed E-state index contributed by atoms with van der Waals surface area (Å²) < 4.78 is 0. The third-order valence-corrected chi connectivity index (χ3v) is 2.87. The Kier molecular flexibility index (Phi) is 2.90. The molecular weight excluding hydrogens is 136 g/mol. The van der Waals surface area contributed by atoms with Gasteiger partial charge in [0.1, 0.15) is 0 Å². The van der Waals surface area contributed by atoms with Gasteiger partial charge in [-0.1, -0.05) is 13.8 Å². The van der Waals surface area contributed by atoms with Gasteiger partial charge in [0.15, 0.2) is 0 Å². The van der Waals surface area contributed by atoms with E-state index in [1.165, 1.54) is 32.4 Å². The first-order chi connectivity index (χ1) is 5.25. The molecule has 1 aliphatic rings. The predicted octanol–water partition coefficient (Wildman–Crippen LogP) is 1.43. The fourth-order valence-corrected chi connectivity index (χ4v) is 1.86. The van der Waals surface area contributed by atoms with E-state index >= 15 is 0 Å². The number of nitrogens with one attached hydrogen (secondary N) is 1. The van der Waals surface area contributed by atoms with Gasteiger partial charge in [-0.15, -0.1) is 0 Å². The van der Waals surface area contributed by atoms with Crippen molar-refractivity contribution < 1.29 is 0 Å². The van der Waals surface area contributed by atoms with Crippen LogP contribution in [0.3, 0.4) is 0 Å². The molecule has 1 heterocycles. The van der Waals surface area contributed by atoms with Crippen molar-refractivity contribution in [1.82, 2.24) is 10.2 Å². The fourth-order valence-electron chi connectivity index (χ4n) is 1.86. The molecule has 0 radical (unpaired) electrons. The zero-order valence-electron chi connectivity index (χ0n) is 7.98. The number of hydrogen-bond donors (Lipinski definition) is 1. The summed E-state index contributed by atoms with van der Waals surface area (Å²) in [6.45, 7) is 6.90. The molecule has 0 bridgehead atoms. The van der Waals surface area contributed by atoms with Gasteiger partial charge >= 0.3 is 0 Å². The van der Waals surface area contributed by atoms with Gasteiger partial charge in [0.2, 0.25) is 0 Å². The topological polar surface area (TPSA) is 15.3 Å². The molecule has 1 unspecified atom stereocenters. The minimum absolute atomic E-state index is 0.357. The predicted molar refractivity (Wildman–Crippen MR) is 48.6 cm³/mol. The average Bonchev–Trinajstić information content (AvgIpc) is 1.87. The van der Waals surface area contributed by atoms with Crippen LogP contribution >= 0.6 is 0 Å². The van der Waals surface area contributed by atoms with E-state index in [1.54, 1.807) is 0 Å². The maximum absolute atomic E-state index is 3.52. The van der Waals surface area contributed by atoms with Gasteiger partial charge < -0.3 is 0 Å². The van der Waals surface area contributed by atoms with Crippen molar-refractivity contribution >= 4 is 0 Å². The van der Waals surface area contributed by atoms with Gasteiger partial charge in [0.05, 0.1) is 5.66 Å². The summed E-state index contributed by atoms with van der Waals surface area (Å²) in [7, 11) is 2.22. The second-order valence-electron chi connectivity index (χ2n) is 3.48. The van der Waals surface area contributed by atoms with E-state index in [0.717, 1.165) is 0 Å². The Morgan fingerprint density at radius 3 is 2.36 bits per heavy atom. The molecular formula is C9H20N2. The van der Waals surface area contributed by atoms with Crippen molar-refractivity contribution in [2.24, 2.45) is 0 Å². The van der Waals surface area contributed by atoms with Crippen molar-refractivity contribution in [3.05, 3.63) is 0 Å². The Bertz CT molecular complexity index is 113. The second kappa shape index (κ2) is 3.55. The lowest BCUT2D eigenvalue weighted by Gasteiger charge is -2.49. The van der Waals surface area contributed by atoms with Crippen molar-refractivity contribution in [2.45, 2.75) is 38.8 Å². The molecule has 1 N–H and O–H groups in total. The highest BCUT2D eigenvalue weighted by Crippen LogP contribution is 2.25. The minimum Gasteiger partial charge on any atom is -0.299 e. The molecule has 1 fully saturated rings. The van der Waals surface area contributed by atoms with Crippen LogP contribution in [-0.4, -0.2) is 30.7 Å². The van der Waals surface area contributed by atoms with Crippen LogP contribution in [0.15, 0.2) is 0 Å². The molecule has 0 amide bonds. The molecule has 1 saturated heterocycles. The average molecular weight is 156 g/mol. The molecule has 66 valence electrons. The maximum Gasteiger partial charge on any atom is 0.0719 e. The van der Waals surface area contributed by atoms with Crippen LogP contribution < -0.4 is 5.32 Å². The summed E-state index contributed by atoms with van der Waals surface area (Å²) in [6, 6.07) is 0. The van der Waals surface area contributed by atoms with Crippen LogP contribution in [-0.2, 0) is 0 Å². The van der Waals surface area contributed by atoms with Crippen molar-refractivity contribution in [3.63, 3.8) is 0 Å². The van der Waals surface area contributed by atoms with Crippen LogP contribution in [0.4, 0.5) is 0 Å². The van der Waals surface area contributed by atoms with Gasteiger partial charge in [0, 0.05) is 0 Å². The summed E-state index contributed by atoms with van der Waals surface area (Å²) in [5, 5.41) is 3.52. The van der Waals surface area contributed by atoms with E-state index < -0.39 is 0 Å². The summed E-state index contributed by atoms with van der Waals surface area (Å²) >= 11 is 0. The monoisotopic (exact) mass is 156 g/mol. The van der Waals surface area contributed by atoms with Crippen molar-refractivity contribution in [1.29, 1.82) is 0 Å². The molecule has 0 aromatic rings. The van der Waals surface area contributed by atoms with Gasteiger partial charge in [-0.05, 0) is 39.4 Å². The van der Waals surface area contributed by atoms with Crippen molar-refractivity contribution in [2.75, 3.05) is 20.1 Å². The lowest BCUT2D eigenvalue weighted by atomic mass is 9.93. The molecule has 1 rings (SSSR count). The first kappa shape index (κ1) is 9.01. The van der Waals surface area contributed by atoms with Crippen molar-refractivity contribution in [3.8, 4) is 0 Å². The van der Waals surface area contributed by atoms with Gasteiger partial charge in [-0.3, -0.25) is 10.2 Å². The minimum atomic E-state index is 0.357. The van der Waals surface area contributed by atoms with E-state index in [9.17, 15) is 0 Å². The van der Waals surface area contributed by atoms with Crippen LogP contribution in [0.25, 0.3) is 0 Å². The Labute approximate surface area is 70.0 Å². The standard InChI is InChI=1S/C9H20N2/c1-4-8-11(3)9(5-2)6-7-10-9/h10H,4-8H2,1-3H3. The lowest BCUT2D eigenvalue weighted by Crippen LogP contribution is -2.66. The summed E-state index contributed by atoms with van der Waals surface area (Å²) in [5.74, 6) is 0. The van der Waals surface area contributed by atoms with Crippen LogP contribution in [0.5, 0.6) is 0 Å². The molecule has 2 heteroatoms. The highest BCUT2D eigenvalue weighted by atomic mass is 15.3. The molecule has 2 nitrogen and oxygen atoms in total. The van der Waals surface area contributed by atoms with E-state index in [1.807, 2.05) is 0 Å². The summed E-state index contributed by atoms with van der Waals surface area (Å²) in [6.07, 6.45) is 3.80. The summed E-state index contributed by atoms with van der Waals surface area (Å²) in [4.78, 5) is 2.45. The third-order valence-electron chi connectivity index (χ3n) is 2.87. The quantitative estimate of drug-likeness (QED) is 0.662. The first-order valence-corrected chi connectivity index (χ1v) is 4.71. The van der Waals surface area contributed by atoms with E-state index in [2.05, 4.69) is 31.1 Å². The highest BCUT2D eigenvalue weighted by Gasteiger charge is 2.37. The van der Waals surface area contributed by atoms with Gasteiger partial charge in [-0.2, -0.15) is 0 Å². The maximum atomic E-state index is 3.52. The number of rotatable bonds is 4. The zero-order chi connectivity index (χ0) is 8.32. The van der Waals surface area contributed by atoms with Gasteiger partial charge in [-0.25, -0.2) is 0 Å². The normalized spacial score (nSPS) is 30.5. The molecule has 0 saturated carbocycles. The smallest absolute Gasteiger partial charge is 0.0719 e. The molecule has 11 heavy (non-hydrogen) atoms. The molecule has 0 spiro atoms. The van der Waals surface area contributed by atoms with E-state index in [0.29, 0.717) is 5.66 Å². The summed E-state index contributed by atoms with van der Waals surface area (Å²) in [5.41, 5.74) is 0.357. The van der Waals surface area contributed by atoms with Gasteiger partial charge in [0.25, 0.3) is 0 Å². The number of hydrogen-bond acceptors (Lipinski definition) is 2. The Morgan fingerprint density at radius 1 is 1.45 bits per heavy atom.